The predicted molar refractivity (Wildman–Crippen MR) is 94.8 cm³/mol. The molecule has 1 unspecified atom stereocenters. The summed E-state index contributed by atoms with van der Waals surface area (Å²) in [6.07, 6.45) is 11.6. The number of allylic oxidation sites excluding steroid dienone is 3. The van der Waals surface area contributed by atoms with Crippen molar-refractivity contribution in [1.29, 1.82) is 0 Å². The summed E-state index contributed by atoms with van der Waals surface area (Å²) in [5.74, 6) is 0.252. The Morgan fingerprint density at radius 3 is 2.64 bits per heavy atom. The summed E-state index contributed by atoms with van der Waals surface area (Å²) in [6.45, 7) is 1.42. The average molecular weight is 338 g/mol. The second-order valence-corrected chi connectivity index (χ2v) is 6.47. The second kappa shape index (κ2) is 7.95. The van der Waals surface area contributed by atoms with Gasteiger partial charge >= 0.3 is 6.09 Å². The summed E-state index contributed by atoms with van der Waals surface area (Å²) in [4.78, 5) is 29.0. The lowest BCUT2D eigenvalue weighted by molar-refractivity contribution is 0.0763. The zero-order valence-corrected chi connectivity index (χ0v) is 14.1. The van der Waals surface area contributed by atoms with Gasteiger partial charge < -0.3 is 9.64 Å². The number of amides is 1. The summed E-state index contributed by atoms with van der Waals surface area (Å²) < 4.78 is 5.45. The smallest absolute Gasteiger partial charge is 0.409 e. The molecule has 0 spiro atoms. The maximum absolute atomic E-state index is 12.3. The molecule has 0 N–H and O–H groups in total. The van der Waals surface area contributed by atoms with Crippen LogP contribution < -0.4 is 0 Å². The van der Waals surface area contributed by atoms with Gasteiger partial charge in [-0.3, -0.25) is 0 Å². The van der Waals surface area contributed by atoms with Crippen molar-refractivity contribution in [2.75, 3.05) is 19.7 Å². The van der Waals surface area contributed by atoms with E-state index in [-0.39, 0.29) is 12.0 Å². The van der Waals surface area contributed by atoms with E-state index >= 15 is 0 Å². The SMILES string of the molecule is O=C=NC1(c2ccccc2)CCN(C(=O)OCC2C=CC=CC2)CC1. The molecule has 1 aromatic rings. The molecule has 0 saturated carbocycles. The Kier molecular flexibility index (Phi) is 5.46. The molecule has 0 aromatic heterocycles. The number of benzene rings is 1. The second-order valence-electron chi connectivity index (χ2n) is 6.47. The number of likely N-dealkylation sites (tertiary alicyclic amines) is 1. The molecular formula is C20H22N2O3. The van der Waals surface area contributed by atoms with Crippen molar-refractivity contribution in [3.63, 3.8) is 0 Å². The first kappa shape index (κ1) is 17.2. The minimum absolute atomic E-state index is 0.252. The van der Waals surface area contributed by atoms with Crippen LogP contribution in [-0.4, -0.2) is 36.8 Å². The number of carbonyl (C=O) groups excluding carboxylic acids is 2. The van der Waals surface area contributed by atoms with Crippen LogP contribution in [0.25, 0.3) is 0 Å². The van der Waals surface area contributed by atoms with Gasteiger partial charge in [-0.2, -0.15) is 4.99 Å². The fraction of sp³-hybridized carbons (Fsp3) is 0.400. The molecule has 1 amide bonds. The van der Waals surface area contributed by atoms with E-state index in [0.717, 1.165) is 12.0 Å². The third-order valence-electron chi connectivity index (χ3n) is 4.91. The minimum Gasteiger partial charge on any atom is -0.449 e. The van der Waals surface area contributed by atoms with Crippen molar-refractivity contribution in [2.45, 2.75) is 24.8 Å². The van der Waals surface area contributed by atoms with Gasteiger partial charge in [0.15, 0.2) is 0 Å². The summed E-state index contributed by atoms with van der Waals surface area (Å²) in [5.41, 5.74) is 0.405. The summed E-state index contributed by atoms with van der Waals surface area (Å²) >= 11 is 0. The van der Waals surface area contributed by atoms with Gasteiger partial charge in [-0.1, -0.05) is 54.6 Å². The topological polar surface area (TPSA) is 59.0 Å². The fourth-order valence-corrected chi connectivity index (χ4v) is 3.38. The lowest BCUT2D eigenvalue weighted by atomic mass is 9.81. The number of carbonyl (C=O) groups is 1. The van der Waals surface area contributed by atoms with E-state index < -0.39 is 5.54 Å². The van der Waals surface area contributed by atoms with E-state index in [1.54, 1.807) is 11.0 Å². The lowest BCUT2D eigenvalue weighted by Gasteiger charge is -2.38. The predicted octanol–water partition coefficient (Wildman–Crippen LogP) is 3.58. The highest BCUT2D eigenvalue weighted by atomic mass is 16.6. The van der Waals surface area contributed by atoms with Crippen LogP contribution >= 0.6 is 0 Å². The normalized spacial score (nSPS) is 21.4. The van der Waals surface area contributed by atoms with Gasteiger partial charge in [0.2, 0.25) is 6.08 Å². The fourth-order valence-electron chi connectivity index (χ4n) is 3.38. The summed E-state index contributed by atoms with van der Waals surface area (Å²) in [5, 5.41) is 0. The maximum atomic E-state index is 12.3. The molecule has 5 heteroatoms. The van der Waals surface area contributed by atoms with E-state index in [9.17, 15) is 9.59 Å². The highest BCUT2D eigenvalue weighted by molar-refractivity contribution is 5.67. The van der Waals surface area contributed by atoms with E-state index in [4.69, 9.17) is 4.74 Å². The van der Waals surface area contributed by atoms with Crippen molar-refractivity contribution in [2.24, 2.45) is 10.9 Å². The molecule has 5 nitrogen and oxygen atoms in total. The highest BCUT2D eigenvalue weighted by Crippen LogP contribution is 2.36. The number of piperidine rings is 1. The van der Waals surface area contributed by atoms with Crippen LogP contribution in [0.15, 0.2) is 59.6 Å². The first-order chi connectivity index (χ1) is 12.2. The Bertz CT molecular complexity index is 697. The molecule has 1 fully saturated rings. The number of nitrogens with zero attached hydrogens (tertiary/aromatic N) is 2. The molecule has 1 aliphatic heterocycles. The molecule has 130 valence electrons. The first-order valence-electron chi connectivity index (χ1n) is 8.63. The lowest BCUT2D eigenvalue weighted by Crippen LogP contribution is -2.44. The zero-order valence-electron chi connectivity index (χ0n) is 14.1. The number of ether oxygens (including phenoxy) is 1. The minimum atomic E-state index is -0.587. The van der Waals surface area contributed by atoms with Crippen LogP contribution in [0.2, 0.25) is 0 Å². The van der Waals surface area contributed by atoms with Crippen molar-refractivity contribution in [3.05, 3.63) is 60.2 Å². The highest BCUT2D eigenvalue weighted by Gasteiger charge is 2.38. The van der Waals surface area contributed by atoms with Crippen molar-refractivity contribution < 1.29 is 14.3 Å². The first-order valence-corrected chi connectivity index (χ1v) is 8.63. The van der Waals surface area contributed by atoms with Gasteiger partial charge in [0.25, 0.3) is 0 Å². The maximum Gasteiger partial charge on any atom is 0.409 e. The van der Waals surface area contributed by atoms with Crippen molar-refractivity contribution >= 4 is 12.2 Å². The molecule has 2 aliphatic rings. The van der Waals surface area contributed by atoms with Gasteiger partial charge in [-0.15, -0.1) is 0 Å². The Morgan fingerprint density at radius 1 is 1.24 bits per heavy atom. The molecule has 1 aromatic carbocycles. The van der Waals surface area contributed by atoms with E-state index in [0.29, 0.717) is 32.5 Å². The molecule has 1 atom stereocenters. The van der Waals surface area contributed by atoms with Crippen LogP contribution in [0, 0.1) is 5.92 Å². The molecule has 25 heavy (non-hydrogen) atoms. The van der Waals surface area contributed by atoms with Crippen LogP contribution in [0.3, 0.4) is 0 Å². The third-order valence-corrected chi connectivity index (χ3v) is 4.91. The Morgan fingerprint density at radius 2 is 2.00 bits per heavy atom. The average Bonchev–Trinajstić information content (AvgIpc) is 2.68. The molecular weight excluding hydrogens is 316 g/mol. The molecule has 0 radical (unpaired) electrons. The number of aliphatic imine (C=N–C) groups is 1. The molecule has 1 saturated heterocycles. The van der Waals surface area contributed by atoms with Gasteiger partial charge in [0.05, 0.1) is 6.61 Å². The van der Waals surface area contributed by atoms with E-state index in [1.165, 1.54) is 0 Å². The molecule has 0 bridgehead atoms. The van der Waals surface area contributed by atoms with Gasteiger partial charge in [0, 0.05) is 19.0 Å². The van der Waals surface area contributed by atoms with Gasteiger partial charge in [0.1, 0.15) is 5.54 Å². The van der Waals surface area contributed by atoms with Gasteiger partial charge in [-0.25, -0.2) is 9.59 Å². The van der Waals surface area contributed by atoms with Crippen LogP contribution in [0.5, 0.6) is 0 Å². The number of hydrogen-bond acceptors (Lipinski definition) is 4. The monoisotopic (exact) mass is 338 g/mol. The number of rotatable bonds is 4. The third kappa shape index (κ3) is 4.06. The zero-order chi connectivity index (χ0) is 17.5. The quantitative estimate of drug-likeness (QED) is 0.623. The van der Waals surface area contributed by atoms with Crippen LogP contribution in [0.1, 0.15) is 24.8 Å². The molecule has 3 rings (SSSR count). The Balaban J connectivity index is 1.58. The molecule has 1 heterocycles. The summed E-state index contributed by atoms with van der Waals surface area (Å²) in [7, 11) is 0. The largest absolute Gasteiger partial charge is 0.449 e. The number of isocyanates is 1. The van der Waals surface area contributed by atoms with Crippen molar-refractivity contribution in [1.82, 2.24) is 4.90 Å². The van der Waals surface area contributed by atoms with E-state index in [1.807, 2.05) is 42.5 Å². The van der Waals surface area contributed by atoms with Gasteiger partial charge in [-0.05, 0) is 24.8 Å². The summed E-state index contributed by atoms with van der Waals surface area (Å²) in [6, 6.07) is 9.74. The van der Waals surface area contributed by atoms with Crippen molar-refractivity contribution in [3.8, 4) is 0 Å². The Hall–Kier alpha value is -2.65. The van der Waals surface area contributed by atoms with E-state index in [2.05, 4.69) is 17.1 Å². The Labute approximate surface area is 147 Å². The molecule has 1 aliphatic carbocycles. The number of hydrogen-bond donors (Lipinski definition) is 0. The van der Waals surface area contributed by atoms with Crippen LogP contribution in [-0.2, 0) is 15.1 Å². The van der Waals surface area contributed by atoms with Crippen LogP contribution in [0.4, 0.5) is 4.79 Å². The standard InChI is InChI=1S/C20H22N2O3/c23-16-21-20(18-9-5-2-6-10-18)11-13-22(14-12-20)19(24)25-15-17-7-3-1-4-8-17/h1-7,9-10,17H,8,11-15H2.